The van der Waals surface area contributed by atoms with Crippen LogP contribution in [0.25, 0.3) is 0 Å². The van der Waals surface area contributed by atoms with Crippen LogP contribution in [0, 0.1) is 0 Å². The summed E-state index contributed by atoms with van der Waals surface area (Å²) in [6.07, 6.45) is 28.5. The van der Waals surface area contributed by atoms with Crippen molar-refractivity contribution in [1.29, 1.82) is 0 Å². The first-order valence-corrected chi connectivity index (χ1v) is 16.5. The molecular weight excluding hydrogens is 444 g/mol. The highest BCUT2D eigenvalue weighted by Gasteiger charge is 2.22. The average molecular weight is 503 g/mol. The fourth-order valence-electron chi connectivity index (χ4n) is 5.30. The van der Waals surface area contributed by atoms with Crippen molar-refractivity contribution in [2.75, 3.05) is 25.0 Å². The molecule has 1 aliphatic rings. The normalized spacial score (nSPS) is 15.0. The first-order chi connectivity index (χ1) is 17.3. The van der Waals surface area contributed by atoms with Gasteiger partial charge in [0.15, 0.2) is 0 Å². The van der Waals surface area contributed by atoms with E-state index in [0.717, 1.165) is 0 Å². The van der Waals surface area contributed by atoms with Crippen LogP contribution in [-0.2, 0) is 0 Å². The third kappa shape index (κ3) is 15.2. The molecule has 1 aromatic rings. The maximum absolute atomic E-state index is 3.76. The first kappa shape index (κ1) is 30.6. The van der Waals surface area contributed by atoms with Gasteiger partial charge in [0.05, 0.1) is 5.37 Å². The molecule has 2 rings (SSSR count). The zero-order valence-corrected chi connectivity index (χ0v) is 24.3. The van der Waals surface area contributed by atoms with Gasteiger partial charge >= 0.3 is 0 Å². The molecule has 0 radical (unpaired) electrons. The van der Waals surface area contributed by atoms with Gasteiger partial charge in [0, 0.05) is 17.1 Å². The van der Waals surface area contributed by atoms with Crippen molar-refractivity contribution < 1.29 is 0 Å². The van der Waals surface area contributed by atoms with Gasteiger partial charge in [-0.2, -0.15) is 0 Å². The Morgan fingerprint density at radius 2 is 1.03 bits per heavy atom. The monoisotopic (exact) mass is 502 g/mol. The number of nitrogens with zero attached hydrogens (tertiary/aromatic N) is 1. The van der Waals surface area contributed by atoms with Crippen molar-refractivity contribution >= 4 is 17.4 Å². The van der Waals surface area contributed by atoms with E-state index in [-0.39, 0.29) is 0 Å². The van der Waals surface area contributed by atoms with Crippen LogP contribution in [0.1, 0.15) is 142 Å². The lowest BCUT2D eigenvalue weighted by Crippen LogP contribution is -2.35. The molecule has 2 nitrogen and oxygen atoms in total. The van der Waals surface area contributed by atoms with E-state index in [0.29, 0.717) is 5.37 Å². The predicted molar refractivity (Wildman–Crippen MR) is 160 cm³/mol. The van der Waals surface area contributed by atoms with Crippen LogP contribution >= 0.6 is 11.8 Å². The summed E-state index contributed by atoms with van der Waals surface area (Å²) in [7, 11) is 0. The van der Waals surface area contributed by atoms with Crippen LogP contribution in [0.5, 0.6) is 0 Å². The van der Waals surface area contributed by atoms with E-state index >= 15 is 0 Å². The number of hydrogen-bond donors (Lipinski definition) is 1. The van der Waals surface area contributed by atoms with Gasteiger partial charge in [-0.05, 0) is 38.1 Å². The van der Waals surface area contributed by atoms with Gasteiger partial charge < -0.3 is 10.2 Å². The largest absolute Gasteiger partial charge is 0.371 e. The van der Waals surface area contributed by atoms with Crippen LogP contribution in [0.15, 0.2) is 29.2 Å². The minimum atomic E-state index is 0.513. The Hall–Kier alpha value is -0.670. The molecule has 1 N–H and O–H groups in total. The quantitative estimate of drug-likeness (QED) is 0.141. The fourth-order valence-corrected chi connectivity index (χ4v) is 6.49. The standard InChI is InChI=1S/C32H58N2S/c1-3-5-7-9-11-13-15-17-19-23-27-34(28-24-20-18-16-14-12-10-8-6-4-2)29-32-33-30-25-21-22-26-31(30)35-32/h21-22,25-26,32-33H,3-20,23-24,27-29H2,1-2H3. The third-order valence-electron chi connectivity index (χ3n) is 7.55. The Morgan fingerprint density at radius 3 is 1.49 bits per heavy atom. The highest BCUT2D eigenvalue weighted by molar-refractivity contribution is 8.00. The van der Waals surface area contributed by atoms with E-state index in [1.165, 1.54) is 159 Å². The topological polar surface area (TPSA) is 15.3 Å². The molecule has 0 aliphatic carbocycles. The molecule has 1 unspecified atom stereocenters. The number of para-hydroxylation sites is 1. The smallest absolute Gasteiger partial charge is 0.0897 e. The van der Waals surface area contributed by atoms with Crippen LogP contribution < -0.4 is 5.32 Å². The zero-order chi connectivity index (χ0) is 24.8. The van der Waals surface area contributed by atoms with E-state index < -0.39 is 0 Å². The number of hydrogen-bond acceptors (Lipinski definition) is 3. The molecule has 0 bridgehead atoms. The second kappa shape index (κ2) is 21.4. The summed E-state index contributed by atoms with van der Waals surface area (Å²) < 4.78 is 0. The number of anilines is 1. The van der Waals surface area contributed by atoms with Crippen LogP contribution in [0.3, 0.4) is 0 Å². The molecule has 0 saturated heterocycles. The fraction of sp³-hybridized carbons (Fsp3) is 0.812. The Balaban J connectivity index is 1.58. The zero-order valence-electron chi connectivity index (χ0n) is 23.5. The van der Waals surface area contributed by atoms with Crippen molar-refractivity contribution in [3.63, 3.8) is 0 Å². The molecule has 1 heterocycles. The third-order valence-corrected chi connectivity index (χ3v) is 8.71. The molecular formula is C32H58N2S. The second-order valence-electron chi connectivity index (χ2n) is 10.9. The summed E-state index contributed by atoms with van der Waals surface area (Å²) in [6, 6.07) is 8.82. The Bertz CT molecular complexity index is 556. The molecule has 0 fully saturated rings. The van der Waals surface area contributed by atoms with Gasteiger partial charge in [-0.15, -0.1) is 0 Å². The molecule has 1 aromatic carbocycles. The molecule has 3 heteroatoms. The summed E-state index contributed by atoms with van der Waals surface area (Å²) in [5.41, 5.74) is 1.33. The highest BCUT2D eigenvalue weighted by Crippen LogP contribution is 2.38. The number of fused-ring (bicyclic) bond motifs is 1. The molecule has 0 aromatic heterocycles. The summed E-state index contributed by atoms with van der Waals surface area (Å²) in [6.45, 7) is 8.35. The molecule has 0 saturated carbocycles. The lowest BCUT2D eigenvalue weighted by Gasteiger charge is -2.25. The van der Waals surface area contributed by atoms with E-state index in [9.17, 15) is 0 Å². The van der Waals surface area contributed by atoms with Gasteiger partial charge in [-0.3, -0.25) is 0 Å². The number of thioether (sulfide) groups is 1. The maximum Gasteiger partial charge on any atom is 0.0897 e. The number of benzene rings is 1. The Kier molecular flexibility index (Phi) is 18.7. The van der Waals surface area contributed by atoms with Gasteiger partial charge in [0.25, 0.3) is 0 Å². The minimum Gasteiger partial charge on any atom is -0.371 e. The van der Waals surface area contributed by atoms with Gasteiger partial charge in [0.1, 0.15) is 0 Å². The summed E-state index contributed by atoms with van der Waals surface area (Å²) in [5.74, 6) is 0. The number of nitrogens with one attached hydrogen (secondary N) is 1. The van der Waals surface area contributed by atoms with E-state index in [1.54, 1.807) is 0 Å². The summed E-state index contributed by atoms with van der Waals surface area (Å²) in [5, 5.41) is 4.28. The lowest BCUT2D eigenvalue weighted by atomic mass is 10.1. The van der Waals surface area contributed by atoms with Crippen LogP contribution in [0.2, 0.25) is 0 Å². The molecule has 1 aliphatic heterocycles. The molecule has 0 spiro atoms. The van der Waals surface area contributed by atoms with Gasteiger partial charge in [-0.25, -0.2) is 0 Å². The SMILES string of the molecule is CCCCCCCCCCCCN(CCCCCCCCCCCC)CC1Nc2ccccc2S1. The van der Waals surface area contributed by atoms with Crippen molar-refractivity contribution in [3.8, 4) is 0 Å². The second-order valence-corrected chi connectivity index (χ2v) is 12.2. The molecule has 1 atom stereocenters. The highest BCUT2D eigenvalue weighted by atomic mass is 32.2. The summed E-state index contributed by atoms with van der Waals surface area (Å²) >= 11 is 2.03. The van der Waals surface area contributed by atoms with Crippen molar-refractivity contribution in [1.82, 2.24) is 4.90 Å². The Labute approximate surface area is 223 Å². The number of unbranched alkanes of at least 4 members (excludes halogenated alkanes) is 18. The minimum absolute atomic E-state index is 0.513. The first-order valence-electron chi connectivity index (χ1n) is 15.6. The van der Waals surface area contributed by atoms with Gasteiger partial charge in [0.2, 0.25) is 0 Å². The number of rotatable bonds is 24. The van der Waals surface area contributed by atoms with Crippen molar-refractivity contribution in [2.45, 2.75) is 153 Å². The molecule has 202 valence electrons. The lowest BCUT2D eigenvalue weighted by molar-refractivity contribution is 0.265. The predicted octanol–water partition coefficient (Wildman–Crippen LogP) is 10.7. The average Bonchev–Trinajstić information content (AvgIpc) is 3.28. The van der Waals surface area contributed by atoms with Crippen LogP contribution in [-0.4, -0.2) is 29.9 Å². The van der Waals surface area contributed by atoms with E-state index in [2.05, 4.69) is 48.3 Å². The van der Waals surface area contributed by atoms with Gasteiger partial charge in [-0.1, -0.05) is 153 Å². The van der Waals surface area contributed by atoms with Crippen molar-refractivity contribution in [2.24, 2.45) is 0 Å². The van der Waals surface area contributed by atoms with E-state index in [1.807, 2.05) is 11.8 Å². The summed E-state index contributed by atoms with van der Waals surface area (Å²) in [4.78, 5) is 4.20. The van der Waals surface area contributed by atoms with E-state index in [4.69, 9.17) is 0 Å². The molecule has 35 heavy (non-hydrogen) atoms. The maximum atomic E-state index is 3.76. The molecule has 0 amide bonds. The van der Waals surface area contributed by atoms with Crippen LogP contribution in [0.4, 0.5) is 5.69 Å². The van der Waals surface area contributed by atoms with Crippen molar-refractivity contribution in [3.05, 3.63) is 24.3 Å². The Morgan fingerprint density at radius 1 is 0.600 bits per heavy atom.